The second-order valence-corrected chi connectivity index (χ2v) is 7.18. The summed E-state index contributed by atoms with van der Waals surface area (Å²) < 4.78 is 7.84. The standard InChI is InChI=1S/C22H28N4O/c1-3-27-19-7-5-18(6-8-19)22-20(16-25-12-4-10-23-11-14-25)26-13-9-17(2)15-21(26)24-22/h5-9,13,15,23H,3-4,10-12,14,16H2,1-2H3. The highest BCUT2D eigenvalue weighted by Gasteiger charge is 2.18. The Kier molecular flexibility index (Phi) is 5.41. The van der Waals surface area contributed by atoms with Crippen LogP contribution in [0, 0.1) is 6.92 Å². The van der Waals surface area contributed by atoms with Gasteiger partial charge in [0, 0.05) is 31.4 Å². The quantitative estimate of drug-likeness (QED) is 0.752. The number of nitrogens with one attached hydrogen (secondary N) is 1. The van der Waals surface area contributed by atoms with Crippen molar-refractivity contribution in [2.75, 3.05) is 32.8 Å². The fourth-order valence-corrected chi connectivity index (χ4v) is 3.73. The number of aromatic nitrogens is 2. The second kappa shape index (κ2) is 8.11. The zero-order chi connectivity index (χ0) is 18.6. The molecule has 5 nitrogen and oxygen atoms in total. The Hall–Kier alpha value is -2.37. The fourth-order valence-electron chi connectivity index (χ4n) is 3.73. The molecule has 2 aromatic heterocycles. The first-order chi connectivity index (χ1) is 13.2. The molecule has 1 aromatic carbocycles. The number of nitrogens with zero attached hydrogens (tertiary/aromatic N) is 3. The van der Waals surface area contributed by atoms with Gasteiger partial charge in [-0.05, 0) is 75.3 Å². The Bertz CT molecular complexity index is 893. The molecular formula is C22H28N4O. The van der Waals surface area contributed by atoms with Crippen LogP contribution in [0.25, 0.3) is 16.9 Å². The Morgan fingerprint density at radius 2 is 1.96 bits per heavy atom. The molecule has 0 aliphatic carbocycles. The first-order valence-electron chi connectivity index (χ1n) is 9.88. The van der Waals surface area contributed by atoms with E-state index in [1.54, 1.807) is 0 Å². The van der Waals surface area contributed by atoms with Gasteiger partial charge >= 0.3 is 0 Å². The summed E-state index contributed by atoms with van der Waals surface area (Å²) in [5.41, 5.74) is 5.72. The van der Waals surface area contributed by atoms with Crippen molar-refractivity contribution >= 4 is 5.65 Å². The molecule has 0 unspecified atom stereocenters. The van der Waals surface area contributed by atoms with E-state index >= 15 is 0 Å². The van der Waals surface area contributed by atoms with E-state index in [2.05, 4.69) is 52.0 Å². The summed E-state index contributed by atoms with van der Waals surface area (Å²) >= 11 is 0. The minimum absolute atomic E-state index is 0.682. The third-order valence-electron chi connectivity index (χ3n) is 5.13. The van der Waals surface area contributed by atoms with Gasteiger partial charge in [0.25, 0.3) is 0 Å². The summed E-state index contributed by atoms with van der Waals surface area (Å²) in [6, 6.07) is 12.6. The predicted molar refractivity (Wildman–Crippen MR) is 109 cm³/mol. The van der Waals surface area contributed by atoms with Gasteiger partial charge in [0.2, 0.25) is 0 Å². The smallest absolute Gasteiger partial charge is 0.137 e. The van der Waals surface area contributed by atoms with Crippen LogP contribution in [-0.2, 0) is 6.54 Å². The molecule has 0 amide bonds. The number of benzene rings is 1. The molecule has 3 aromatic rings. The summed E-state index contributed by atoms with van der Waals surface area (Å²) in [7, 11) is 0. The summed E-state index contributed by atoms with van der Waals surface area (Å²) in [5.74, 6) is 0.904. The second-order valence-electron chi connectivity index (χ2n) is 7.18. The average Bonchev–Trinajstić information content (AvgIpc) is 2.84. The number of hydrogen-bond donors (Lipinski definition) is 1. The maximum Gasteiger partial charge on any atom is 0.137 e. The number of pyridine rings is 1. The van der Waals surface area contributed by atoms with Crippen molar-refractivity contribution in [3.05, 3.63) is 53.9 Å². The highest BCUT2D eigenvalue weighted by atomic mass is 16.5. The van der Waals surface area contributed by atoms with Crippen molar-refractivity contribution in [1.29, 1.82) is 0 Å². The Morgan fingerprint density at radius 3 is 2.78 bits per heavy atom. The highest BCUT2D eigenvalue weighted by molar-refractivity contribution is 5.67. The lowest BCUT2D eigenvalue weighted by molar-refractivity contribution is 0.281. The number of ether oxygens (including phenoxy) is 1. The molecule has 0 saturated carbocycles. The van der Waals surface area contributed by atoms with E-state index < -0.39 is 0 Å². The Labute approximate surface area is 161 Å². The van der Waals surface area contributed by atoms with E-state index in [4.69, 9.17) is 9.72 Å². The van der Waals surface area contributed by atoms with Crippen molar-refractivity contribution in [2.24, 2.45) is 0 Å². The molecule has 5 heteroatoms. The van der Waals surface area contributed by atoms with Gasteiger partial charge in [-0.2, -0.15) is 0 Å². The summed E-state index contributed by atoms with van der Waals surface area (Å²) in [5, 5.41) is 3.49. The molecule has 1 aliphatic heterocycles. The van der Waals surface area contributed by atoms with Crippen molar-refractivity contribution in [3.8, 4) is 17.0 Å². The van der Waals surface area contributed by atoms with Gasteiger partial charge in [0.15, 0.2) is 0 Å². The van der Waals surface area contributed by atoms with Crippen LogP contribution in [-0.4, -0.2) is 47.1 Å². The number of fused-ring (bicyclic) bond motifs is 1. The lowest BCUT2D eigenvalue weighted by atomic mass is 10.1. The van der Waals surface area contributed by atoms with Crippen LogP contribution in [0.1, 0.15) is 24.6 Å². The molecule has 1 N–H and O–H groups in total. The van der Waals surface area contributed by atoms with E-state index in [1.165, 1.54) is 17.7 Å². The van der Waals surface area contributed by atoms with Gasteiger partial charge in [-0.25, -0.2) is 4.98 Å². The van der Waals surface area contributed by atoms with Crippen molar-refractivity contribution < 1.29 is 4.74 Å². The third kappa shape index (κ3) is 3.99. The molecular weight excluding hydrogens is 336 g/mol. The molecule has 1 saturated heterocycles. The summed E-state index contributed by atoms with van der Waals surface area (Å²) in [6.07, 6.45) is 3.34. The molecule has 0 spiro atoms. The van der Waals surface area contributed by atoms with Crippen LogP contribution in [0.5, 0.6) is 5.75 Å². The number of hydrogen-bond acceptors (Lipinski definition) is 4. The molecule has 0 radical (unpaired) electrons. The molecule has 142 valence electrons. The zero-order valence-electron chi connectivity index (χ0n) is 16.2. The third-order valence-corrected chi connectivity index (χ3v) is 5.13. The largest absolute Gasteiger partial charge is 0.494 e. The SMILES string of the molecule is CCOc1ccc(-c2nc3cc(C)ccn3c2CN2CCCNCC2)cc1. The minimum atomic E-state index is 0.682. The van der Waals surface area contributed by atoms with E-state index in [0.717, 1.165) is 55.4 Å². The molecule has 0 bridgehead atoms. The molecule has 27 heavy (non-hydrogen) atoms. The van der Waals surface area contributed by atoms with Crippen LogP contribution in [0.3, 0.4) is 0 Å². The van der Waals surface area contributed by atoms with Gasteiger partial charge in [0.1, 0.15) is 11.4 Å². The van der Waals surface area contributed by atoms with Crippen LogP contribution in [0.4, 0.5) is 0 Å². The summed E-state index contributed by atoms with van der Waals surface area (Å²) in [4.78, 5) is 7.52. The van der Waals surface area contributed by atoms with Gasteiger partial charge < -0.3 is 14.5 Å². The average molecular weight is 364 g/mol. The normalized spacial score (nSPS) is 15.8. The molecule has 1 fully saturated rings. The van der Waals surface area contributed by atoms with Crippen molar-refractivity contribution in [3.63, 3.8) is 0 Å². The molecule has 1 aliphatic rings. The first-order valence-corrected chi connectivity index (χ1v) is 9.88. The maximum atomic E-state index is 5.60. The Morgan fingerprint density at radius 1 is 1.11 bits per heavy atom. The highest BCUT2D eigenvalue weighted by Crippen LogP contribution is 2.28. The molecule has 0 atom stereocenters. The van der Waals surface area contributed by atoms with Crippen LogP contribution in [0.15, 0.2) is 42.6 Å². The Balaban J connectivity index is 1.73. The van der Waals surface area contributed by atoms with E-state index in [1.807, 2.05) is 19.1 Å². The van der Waals surface area contributed by atoms with Gasteiger partial charge in [-0.15, -0.1) is 0 Å². The topological polar surface area (TPSA) is 41.8 Å². The van der Waals surface area contributed by atoms with Crippen LogP contribution in [0.2, 0.25) is 0 Å². The van der Waals surface area contributed by atoms with Crippen molar-refractivity contribution in [2.45, 2.75) is 26.8 Å². The van der Waals surface area contributed by atoms with Gasteiger partial charge in [-0.1, -0.05) is 0 Å². The van der Waals surface area contributed by atoms with E-state index in [0.29, 0.717) is 6.61 Å². The monoisotopic (exact) mass is 364 g/mol. The zero-order valence-corrected chi connectivity index (χ0v) is 16.2. The summed E-state index contributed by atoms with van der Waals surface area (Å²) in [6.45, 7) is 10.1. The molecule has 3 heterocycles. The van der Waals surface area contributed by atoms with Crippen LogP contribution >= 0.6 is 0 Å². The number of aryl methyl sites for hydroxylation is 1. The lowest BCUT2D eigenvalue weighted by Crippen LogP contribution is -2.28. The predicted octanol–water partition coefficient (Wildman–Crippen LogP) is 3.50. The van der Waals surface area contributed by atoms with Gasteiger partial charge in [0.05, 0.1) is 18.0 Å². The molecule has 4 rings (SSSR count). The van der Waals surface area contributed by atoms with Crippen LogP contribution < -0.4 is 10.1 Å². The lowest BCUT2D eigenvalue weighted by Gasteiger charge is -2.20. The van der Waals surface area contributed by atoms with E-state index in [9.17, 15) is 0 Å². The first kappa shape index (κ1) is 18.0. The number of rotatable bonds is 5. The number of imidazole rings is 1. The van der Waals surface area contributed by atoms with Crippen molar-refractivity contribution in [1.82, 2.24) is 19.6 Å². The van der Waals surface area contributed by atoms with E-state index in [-0.39, 0.29) is 0 Å². The van der Waals surface area contributed by atoms with Gasteiger partial charge in [-0.3, -0.25) is 4.90 Å². The minimum Gasteiger partial charge on any atom is -0.494 e. The fraction of sp³-hybridized carbons (Fsp3) is 0.409. The maximum absolute atomic E-state index is 5.60.